The number of esters is 1. The fraction of sp³-hybridized carbons (Fsp3) is 0.562. The Morgan fingerprint density at radius 2 is 2.00 bits per heavy atom. The number of ether oxygens (including phenoxy) is 2. The summed E-state index contributed by atoms with van der Waals surface area (Å²) in [5, 5.41) is 0. The van der Waals surface area contributed by atoms with E-state index in [1.165, 1.54) is 0 Å². The summed E-state index contributed by atoms with van der Waals surface area (Å²) in [6.07, 6.45) is 2.72. The highest BCUT2D eigenvalue weighted by atomic mass is 16.5. The number of carbonyl (C=O) groups excluding carboxylic acids is 1. The highest BCUT2D eigenvalue weighted by molar-refractivity contribution is 6.36. The Bertz CT molecular complexity index is 425. The predicted molar refractivity (Wildman–Crippen MR) is 88.2 cm³/mol. The first kappa shape index (κ1) is 18.5. The Morgan fingerprint density at radius 3 is 2.59 bits per heavy atom. The molecule has 1 aromatic rings. The van der Waals surface area contributed by atoms with E-state index >= 15 is 0 Å². The minimum Gasteiger partial charge on any atom is -0.494 e. The first-order chi connectivity index (χ1) is 10.7. The van der Waals surface area contributed by atoms with Crippen LogP contribution in [-0.4, -0.2) is 33.4 Å². The fourth-order valence-corrected chi connectivity index (χ4v) is 2.02. The Labute approximate surface area is 133 Å². The molecule has 0 spiro atoms. The molecule has 0 saturated carbocycles. The molecule has 0 fully saturated rings. The molecule has 0 aliphatic rings. The molecule has 0 bridgehead atoms. The van der Waals surface area contributed by atoms with Gasteiger partial charge in [0.2, 0.25) is 0 Å². The molecule has 22 heavy (non-hydrogen) atoms. The van der Waals surface area contributed by atoms with Crippen LogP contribution < -0.4 is 10.5 Å². The molecule has 122 valence electrons. The highest BCUT2D eigenvalue weighted by Crippen LogP contribution is 2.19. The van der Waals surface area contributed by atoms with Gasteiger partial charge in [0, 0.05) is 0 Å². The molecule has 0 aliphatic heterocycles. The topological polar surface area (TPSA) is 70.8 Å². The monoisotopic (exact) mass is 307 g/mol. The number of benzene rings is 1. The van der Waals surface area contributed by atoms with Crippen molar-refractivity contribution in [1.29, 1.82) is 0 Å². The summed E-state index contributed by atoms with van der Waals surface area (Å²) < 4.78 is 15.9. The standard InChI is InChI=1S/C16H26BNO4/c1-3-5-10-21-14-8-6-13(7-9-14)11-15(17-22-12-18)16(19)20-4-2/h6-9,15,17H,3-5,10-12,18H2,1-2H3/t15-/m0/s1. The molecule has 0 heterocycles. The van der Waals surface area contributed by atoms with Crippen LogP contribution in [0.4, 0.5) is 0 Å². The summed E-state index contributed by atoms with van der Waals surface area (Å²) >= 11 is 0. The molecule has 0 aromatic heterocycles. The molecule has 1 aromatic carbocycles. The summed E-state index contributed by atoms with van der Waals surface area (Å²) in [5.41, 5.74) is 6.37. The maximum atomic E-state index is 11.9. The van der Waals surface area contributed by atoms with Crippen LogP contribution in [0.15, 0.2) is 24.3 Å². The SMILES string of the molecule is CCCCOc1ccc(C[C@H](BOCN)C(=O)OCC)cc1. The van der Waals surface area contributed by atoms with Crippen molar-refractivity contribution in [3.63, 3.8) is 0 Å². The van der Waals surface area contributed by atoms with E-state index in [2.05, 4.69) is 6.92 Å². The molecule has 5 nitrogen and oxygen atoms in total. The van der Waals surface area contributed by atoms with Crippen LogP contribution in [-0.2, 0) is 20.6 Å². The maximum Gasteiger partial charge on any atom is 0.304 e. The third-order valence-electron chi connectivity index (χ3n) is 3.23. The number of carbonyl (C=O) groups is 1. The van der Waals surface area contributed by atoms with Gasteiger partial charge in [0.25, 0.3) is 7.48 Å². The van der Waals surface area contributed by atoms with Crippen LogP contribution in [0, 0.1) is 0 Å². The highest BCUT2D eigenvalue weighted by Gasteiger charge is 2.22. The molecular formula is C16H26BNO4. The van der Waals surface area contributed by atoms with Crippen LogP contribution in [0.5, 0.6) is 5.75 Å². The van der Waals surface area contributed by atoms with E-state index in [-0.39, 0.29) is 26.0 Å². The normalized spacial score (nSPS) is 11.8. The zero-order valence-corrected chi connectivity index (χ0v) is 13.5. The van der Waals surface area contributed by atoms with Gasteiger partial charge in [-0.25, -0.2) is 0 Å². The van der Waals surface area contributed by atoms with Crippen molar-refractivity contribution in [3.05, 3.63) is 29.8 Å². The molecule has 1 atom stereocenters. The van der Waals surface area contributed by atoms with E-state index in [1.54, 1.807) is 6.92 Å². The van der Waals surface area contributed by atoms with Gasteiger partial charge in [-0.05, 0) is 37.5 Å². The lowest BCUT2D eigenvalue weighted by Gasteiger charge is -2.14. The van der Waals surface area contributed by atoms with Crippen molar-refractivity contribution in [1.82, 2.24) is 0 Å². The van der Waals surface area contributed by atoms with E-state index < -0.39 is 0 Å². The molecular weight excluding hydrogens is 281 g/mol. The lowest BCUT2D eigenvalue weighted by Crippen LogP contribution is -2.24. The minimum absolute atomic E-state index is 0.0973. The van der Waals surface area contributed by atoms with Gasteiger partial charge in [0.05, 0.1) is 25.8 Å². The van der Waals surface area contributed by atoms with E-state index in [1.807, 2.05) is 24.3 Å². The quantitative estimate of drug-likeness (QED) is 0.293. The number of hydrogen-bond donors (Lipinski definition) is 1. The summed E-state index contributed by atoms with van der Waals surface area (Å²) in [4.78, 5) is 11.9. The second-order valence-electron chi connectivity index (χ2n) is 5.04. The van der Waals surface area contributed by atoms with Crippen molar-refractivity contribution in [2.24, 2.45) is 5.73 Å². The van der Waals surface area contributed by atoms with E-state index in [0.29, 0.717) is 13.0 Å². The van der Waals surface area contributed by atoms with Crippen molar-refractivity contribution in [2.45, 2.75) is 38.9 Å². The summed E-state index contributed by atoms with van der Waals surface area (Å²) in [6, 6.07) is 7.79. The largest absolute Gasteiger partial charge is 0.494 e. The molecule has 0 aliphatic carbocycles. The molecule has 0 saturated heterocycles. The van der Waals surface area contributed by atoms with Gasteiger partial charge >= 0.3 is 5.97 Å². The molecule has 0 amide bonds. The number of rotatable bonds is 11. The molecule has 1 rings (SSSR count). The van der Waals surface area contributed by atoms with Gasteiger partial charge in [-0.2, -0.15) is 0 Å². The predicted octanol–water partition coefficient (Wildman–Crippen LogP) is 2.04. The third kappa shape index (κ3) is 6.96. The zero-order valence-electron chi connectivity index (χ0n) is 13.5. The van der Waals surface area contributed by atoms with Crippen molar-refractivity contribution < 1.29 is 18.9 Å². The van der Waals surface area contributed by atoms with Crippen molar-refractivity contribution >= 4 is 13.5 Å². The zero-order chi connectivity index (χ0) is 16.2. The first-order valence-corrected chi connectivity index (χ1v) is 7.87. The first-order valence-electron chi connectivity index (χ1n) is 7.87. The van der Waals surface area contributed by atoms with E-state index in [9.17, 15) is 4.79 Å². The second-order valence-corrected chi connectivity index (χ2v) is 5.04. The smallest absolute Gasteiger partial charge is 0.304 e. The van der Waals surface area contributed by atoms with Gasteiger partial charge < -0.3 is 19.9 Å². The third-order valence-corrected chi connectivity index (χ3v) is 3.23. The van der Waals surface area contributed by atoms with Crippen molar-refractivity contribution in [3.8, 4) is 5.75 Å². The number of hydrogen-bond acceptors (Lipinski definition) is 5. The molecule has 0 radical (unpaired) electrons. The Hall–Kier alpha value is -1.53. The van der Waals surface area contributed by atoms with Crippen LogP contribution in [0.25, 0.3) is 0 Å². The number of unbranched alkanes of at least 4 members (excludes halogenated alkanes) is 1. The van der Waals surface area contributed by atoms with Gasteiger partial charge in [0.1, 0.15) is 5.75 Å². The average Bonchev–Trinajstić information content (AvgIpc) is 2.53. The average molecular weight is 307 g/mol. The summed E-state index contributed by atoms with van der Waals surface area (Å²) in [5.74, 6) is 0.262. The van der Waals surface area contributed by atoms with Gasteiger partial charge in [-0.15, -0.1) is 0 Å². The van der Waals surface area contributed by atoms with Crippen LogP contribution in [0.3, 0.4) is 0 Å². The molecule has 0 unspecified atom stereocenters. The van der Waals surface area contributed by atoms with Crippen LogP contribution >= 0.6 is 0 Å². The summed E-state index contributed by atoms with van der Waals surface area (Å²) in [7, 11) is 0.268. The Balaban J connectivity index is 2.58. The minimum atomic E-state index is -0.338. The van der Waals surface area contributed by atoms with Gasteiger partial charge in [-0.3, -0.25) is 4.79 Å². The fourth-order valence-electron chi connectivity index (χ4n) is 2.02. The maximum absolute atomic E-state index is 11.9. The van der Waals surface area contributed by atoms with Crippen molar-refractivity contribution in [2.75, 3.05) is 19.9 Å². The van der Waals surface area contributed by atoms with Gasteiger partial charge in [-0.1, -0.05) is 25.5 Å². The molecule has 2 N–H and O–H groups in total. The lowest BCUT2D eigenvalue weighted by molar-refractivity contribution is -0.143. The lowest BCUT2D eigenvalue weighted by atomic mass is 9.76. The van der Waals surface area contributed by atoms with E-state index in [0.717, 1.165) is 30.8 Å². The summed E-state index contributed by atoms with van der Waals surface area (Å²) in [6.45, 7) is 5.11. The Kier molecular flexibility index (Phi) is 9.34. The van der Waals surface area contributed by atoms with E-state index in [4.69, 9.17) is 19.9 Å². The van der Waals surface area contributed by atoms with Crippen LogP contribution in [0.2, 0.25) is 5.82 Å². The van der Waals surface area contributed by atoms with Crippen LogP contribution in [0.1, 0.15) is 32.3 Å². The Morgan fingerprint density at radius 1 is 1.27 bits per heavy atom. The van der Waals surface area contributed by atoms with Gasteiger partial charge in [0.15, 0.2) is 0 Å². The second kappa shape index (κ2) is 11.1. The number of nitrogens with two attached hydrogens (primary N) is 1. The molecule has 6 heteroatoms.